The number of carbonyl (C=O) groups is 5. The van der Waals surface area contributed by atoms with Crippen molar-refractivity contribution in [2.24, 2.45) is 7.05 Å². The molecule has 0 spiro atoms. The molecule has 5 amide bonds. The van der Waals surface area contributed by atoms with Crippen LogP contribution in [-0.4, -0.2) is 121 Å². The van der Waals surface area contributed by atoms with E-state index < -0.39 is 77.4 Å². The molecule has 400 valence electrons. The number of hydrogen-bond acceptors (Lipinski definition) is 15. The summed E-state index contributed by atoms with van der Waals surface area (Å²) in [6.45, 7) is 3.37. The summed E-state index contributed by atoms with van der Waals surface area (Å²) in [4.78, 5) is 90.7. The van der Waals surface area contributed by atoms with E-state index in [9.17, 15) is 50.0 Å². The first-order valence-corrected chi connectivity index (χ1v) is 29.4. The predicted molar refractivity (Wildman–Crippen MR) is 278 cm³/mol. The van der Waals surface area contributed by atoms with E-state index in [-0.39, 0.29) is 73.0 Å². The van der Waals surface area contributed by atoms with Crippen LogP contribution in [0.1, 0.15) is 96.2 Å². The van der Waals surface area contributed by atoms with E-state index in [1.54, 1.807) is 51.5 Å². The van der Waals surface area contributed by atoms with Gasteiger partial charge in [0.1, 0.15) is 30.7 Å². The van der Waals surface area contributed by atoms with Crippen molar-refractivity contribution in [3.05, 3.63) is 105 Å². The number of anilines is 3. The molecular formula is C50H57F2N9O11S3. The number of aryl methyl sites for hydroxylation is 1. The van der Waals surface area contributed by atoms with E-state index in [4.69, 9.17) is 4.74 Å². The molecule has 0 aliphatic carbocycles. The summed E-state index contributed by atoms with van der Waals surface area (Å²) < 4.78 is 84.3. The summed E-state index contributed by atoms with van der Waals surface area (Å²) in [5, 5.41) is 9.25. The number of nitrogens with one attached hydrogen (secondary N) is 4. The van der Waals surface area contributed by atoms with Crippen molar-refractivity contribution in [3.8, 4) is 11.1 Å². The van der Waals surface area contributed by atoms with Gasteiger partial charge in [-0.15, -0.1) is 0 Å². The third kappa shape index (κ3) is 12.3. The highest BCUT2D eigenvalue weighted by Crippen LogP contribution is 2.45. The molecule has 1 unspecified atom stereocenters. The zero-order valence-electron chi connectivity index (χ0n) is 41.9. The molecule has 1 fully saturated rings. The molecule has 0 saturated carbocycles. The van der Waals surface area contributed by atoms with Gasteiger partial charge < -0.3 is 40.0 Å². The Morgan fingerprint density at radius 1 is 0.933 bits per heavy atom. The number of nitrogens with zero attached hydrogens (tertiary/aromatic N) is 5. The van der Waals surface area contributed by atoms with Gasteiger partial charge in [-0.2, -0.15) is 0 Å². The minimum atomic E-state index is -3.69. The lowest BCUT2D eigenvalue weighted by Gasteiger charge is -2.35. The maximum absolute atomic E-state index is 15.5. The van der Waals surface area contributed by atoms with Gasteiger partial charge in [0.05, 0.1) is 28.9 Å². The van der Waals surface area contributed by atoms with Gasteiger partial charge in [-0.3, -0.25) is 28.9 Å². The predicted octanol–water partition coefficient (Wildman–Crippen LogP) is 5.82. The Bertz CT molecular complexity index is 3420. The van der Waals surface area contributed by atoms with Crippen LogP contribution in [0.2, 0.25) is 0 Å². The molecule has 20 nitrogen and oxygen atoms in total. The molecule has 3 aliphatic rings. The van der Waals surface area contributed by atoms with Crippen molar-refractivity contribution < 1.29 is 54.3 Å². The number of unbranched alkanes of at least 4 members (excludes halogenated alkanes) is 4. The fraction of sp³-hybridized carbons (Fsp3) is 0.420. The molecular weight excluding hydrogens is 1040 g/mol. The zero-order valence-corrected chi connectivity index (χ0v) is 44.3. The molecule has 1 saturated heterocycles. The number of imide groups is 1. The Balaban J connectivity index is 0.847. The number of halogens is 2. The first kappa shape index (κ1) is 54.4. The molecule has 3 aliphatic heterocycles. The van der Waals surface area contributed by atoms with E-state index in [0.29, 0.717) is 68.7 Å². The molecule has 5 aromatic rings. The third-order valence-electron chi connectivity index (χ3n) is 13.0. The monoisotopic (exact) mass is 1090 g/mol. The smallest absolute Gasteiger partial charge is 0.408 e. The van der Waals surface area contributed by atoms with Gasteiger partial charge in [0, 0.05) is 103 Å². The number of H-pyrrole nitrogens is 1. The van der Waals surface area contributed by atoms with E-state index in [1.807, 2.05) is 6.07 Å². The van der Waals surface area contributed by atoms with E-state index >= 15 is 4.39 Å². The molecule has 6 heterocycles. The fourth-order valence-corrected chi connectivity index (χ4v) is 14.0. The maximum atomic E-state index is 15.5. The Labute approximate surface area is 435 Å². The van der Waals surface area contributed by atoms with Crippen LogP contribution in [0, 0.1) is 11.6 Å². The first-order chi connectivity index (χ1) is 35.4. The molecule has 25 heteroatoms. The van der Waals surface area contributed by atoms with Crippen molar-refractivity contribution in [1.29, 1.82) is 0 Å². The van der Waals surface area contributed by atoms with Crippen molar-refractivity contribution in [3.63, 3.8) is 0 Å². The largest absolute Gasteiger partial charge is 0.448 e. The Morgan fingerprint density at radius 2 is 1.67 bits per heavy atom. The number of likely N-dealkylation sites (tertiary alicyclic amines) is 1. The molecule has 75 heavy (non-hydrogen) atoms. The Morgan fingerprint density at radius 3 is 2.39 bits per heavy atom. The van der Waals surface area contributed by atoms with Crippen LogP contribution in [0.4, 0.5) is 30.8 Å². The number of fused-ring (bicyclic) bond motifs is 3. The van der Waals surface area contributed by atoms with Crippen molar-refractivity contribution in [2.45, 2.75) is 88.4 Å². The van der Waals surface area contributed by atoms with Crippen LogP contribution in [0.15, 0.2) is 59.8 Å². The Kier molecular flexibility index (Phi) is 15.8. The zero-order chi connectivity index (χ0) is 54.1. The Hall–Kier alpha value is -6.86. The maximum Gasteiger partial charge on any atom is 0.408 e. The lowest BCUT2D eigenvalue weighted by Crippen LogP contribution is -2.57. The average molecular weight is 1090 g/mol. The van der Waals surface area contributed by atoms with Crippen molar-refractivity contribution in [2.75, 3.05) is 49.1 Å². The van der Waals surface area contributed by atoms with Crippen molar-refractivity contribution in [1.82, 2.24) is 35.0 Å². The molecule has 8 rings (SSSR count). The van der Waals surface area contributed by atoms with Gasteiger partial charge >= 0.3 is 6.09 Å². The van der Waals surface area contributed by atoms with Gasteiger partial charge in [0.2, 0.25) is 5.91 Å². The average Bonchev–Trinajstić information content (AvgIpc) is 3.87. The normalized spacial score (nSPS) is 15.7. The van der Waals surface area contributed by atoms with Crippen LogP contribution in [-0.2, 0) is 58.9 Å². The molecule has 1 atom stereocenters. The fourth-order valence-electron chi connectivity index (χ4n) is 9.72. The number of amides is 5. The van der Waals surface area contributed by atoms with Crippen LogP contribution < -0.4 is 26.4 Å². The number of hydrogen-bond donors (Lipinski definition) is 4. The van der Waals surface area contributed by atoms with Crippen molar-refractivity contribution >= 4 is 87.3 Å². The minimum absolute atomic E-state index is 0.0236. The number of ether oxygens (including phenoxy) is 1. The summed E-state index contributed by atoms with van der Waals surface area (Å²) in [6.07, 6.45) is 9.09. The highest BCUT2D eigenvalue weighted by molar-refractivity contribution is 8.72. The number of sulfone groups is 1. The number of aromatic amines is 1. The van der Waals surface area contributed by atoms with E-state index in [2.05, 4.69) is 25.9 Å². The second-order valence-corrected chi connectivity index (χ2v) is 26.7. The lowest BCUT2D eigenvalue weighted by atomic mass is 9.96. The number of aromatic nitrogens is 3. The number of rotatable bonds is 20. The van der Waals surface area contributed by atoms with Gasteiger partial charge in [-0.1, -0.05) is 25.3 Å². The standard InChI is InChI=1S/C50H57F2N9O11S3/c1-50(2,73-75(5,70)71)27-72-49(67)57-28-61-41(62)15-14-39(47(61)65)60-25-35-32(46(60)64)12-11-13-38(35)53-16-9-7-6-8-10-17-54-45(63)33-20-40-34(18-29(33)26-74(4,68)69)36-24-58(3)48(66)43-42(36)30(21-55-43)23-59(40)44-37(52)19-31(51)22-56-44/h11-13,18-22,24,39,53,55H,6-10,14-17,23,25-28H2,1-5H3,(H,54,63)(H,57,67). The molecule has 4 N–H and O–H groups in total. The highest BCUT2D eigenvalue weighted by Gasteiger charge is 2.43. The minimum Gasteiger partial charge on any atom is -0.448 e. The number of pyridine rings is 2. The quantitative estimate of drug-likeness (QED) is 0.0407. The summed E-state index contributed by atoms with van der Waals surface area (Å²) >= 11 is 0. The topological polar surface area (TPSA) is 259 Å². The lowest BCUT2D eigenvalue weighted by molar-refractivity contribution is -0.152. The molecule has 3 aromatic heterocycles. The molecule has 0 bridgehead atoms. The van der Waals surface area contributed by atoms with Crippen LogP contribution in [0.25, 0.3) is 22.0 Å². The second kappa shape index (κ2) is 21.8. The van der Waals surface area contributed by atoms with Crippen LogP contribution in [0.3, 0.4) is 0 Å². The molecule has 2 aromatic carbocycles. The van der Waals surface area contributed by atoms with Gasteiger partial charge in [0.15, 0.2) is 30.3 Å². The van der Waals surface area contributed by atoms with E-state index in [1.165, 1.54) is 20.4 Å². The van der Waals surface area contributed by atoms with Gasteiger partial charge in [-0.25, -0.2) is 35.4 Å². The number of piperidine rings is 1. The highest BCUT2D eigenvalue weighted by atomic mass is 33.1. The van der Waals surface area contributed by atoms with E-state index in [0.717, 1.165) is 55.0 Å². The summed E-state index contributed by atoms with van der Waals surface area (Å²) in [7, 11) is -4.91. The number of carbonyl (C=O) groups excluding carboxylic acids is 5. The third-order valence-corrected chi connectivity index (χ3v) is 17.0. The van der Waals surface area contributed by atoms with Gasteiger partial charge in [-0.05, 0) is 79.3 Å². The first-order valence-electron chi connectivity index (χ1n) is 24.1. The SMILES string of the molecule is Cn1cc2c3c(c[nH]c3c1=O)CN(c1ncc(F)cc1F)c1cc(C(=O)NCCCCCCCNc3cccc4c3CN(C3CCC(=O)N(CNC(=O)OCC(C)(C)SS(C)(=O)=O)C3=O)C4=O)c(CS(C)(=O)=O)cc1-2. The number of benzene rings is 2. The summed E-state index contributed by atoms with van der Waals surface area (Å²) in [5.74, 6) is -4.66. The van der Waals surface area contributed by atoms with Gasteiger partial charge in [0.25, 0.3) is 23.3 Å². The summed E-state index contributed by atoms with van der Waals surface area (Å²) in [5.41, 5.74) is 3.93. The summed E-state index contributed by atoms with van der Waals surface area (Å²) in [6, 6.07) is 8.09. The molecule has 0 radical (unpaired) electrons. The number of alkyl carbamates (subject to hydrolysis) is 1. The van der Waals surface area contributed by atoms with Crippen LogP contribution in [0.5, 0.6) is 0 Å². The van der Waals surface area contributed by atoms with Crippen LogP contribution >= 0.6 is 10.8 Å². The second-order valence-electron chi connectivity index (χ2n) is 19.6.